The van der Waals surface area contributed by atoms with Crippen LogP contribution in [0.5, 0.6) is 0 Å². The summed E-state index contributed by atoms with van der Waals surface area (Å²) >= 11 is 0. The fourth-order valence-electron chi connectivity index (χ4n) is 2.72. The molecular weight excluding hydrogens is 204 g/mol. The molecule has 0 saturated carbocycles. The Morgan fingerprint density at radius 1 is 1.31 bits per heavy atom. The quantitative estimate of drug-likeness (QED) is 0.832. The highest BCUT2D eigenvalue weighted by Gasteiger charge is 2.33. The minimum Gasteiger partial charge on any atom is -0.468 e. The van der Waals surface area contributed by atoms with E-state index in [4.69, 9.17) is 14.9 Å². The molecule has 1 aromatic rings. The zero-order valence-corrected chi connectivity index (χ0v) is 9.39. The number of hydrogen-bond acceptors (Lipinski definition) is 4. The van der Waals surface area contributed by atoms with Crippen molar-refractivity contribution >= 4 is 0 Å². The Morgan fingerprint density at radius 3 is 2.75 bits per heavy atom. The minimum absolute atomic E-state index is 0.440. The van der Waals surface area contributed by atoms with Crippen molar-refractivity contribution in [2.75, 3.05) is 13.1 Å². The van der Waals surface area contributed by atoms with Crippen LogP contribution in [0.1, 0.15) is 24.2 Å². The lowest BCUT2D eigenvalue weighted by molar-refractivity contribution is -0.0428. The summed E-state index contributed by atoms with van der Waals surface area (Å²) < 4.78 is 11.3. The normalized spacial score (nSPS) is 29.8. The van der Waals surface area contributed by atoms with Gasteiger partial charge in [0.15, 0.2) is 0 Å². The van der Waals surface area contributed by atoms with E-state index in [1.807, 2.05) is 6.07 Å². The number of fused-ring (bicyclic) bond motifs is 2. The highest BCUT2D eigenvalue weighted by molar-refractivity contribution is 5.16. The summed E-state index contributed by atoms with van der Waals surface area (Å²) in [6.07, 6.45) is 5.03. The number of nitrogens with two attached hydrogens (primary N) is 1. The van der Waals surface area contributed by atoms with Gasteiger partial charge < -0.3 is 14.9 Å². The summed E-state index contributed by atoms with van der Waals surface area (Å²) in [5.41, 5.74) is 6.79. The summed E-state index contributed by atoms with van der Waals surface area (Å²) in [6.45, 7) is 3.49. The largest absolute Gasteiger partial charge is 0.468 e. The third-order valence-electron chi connectivity index (χ3n) is 3.54. The van der Waals surface area contributed by atoms with Gasteiger partial charge in [-0.1, -0.05) is 0 Å². The van der Waals surface area contributed by atoms with Crippen LogP contribution in [-0.2, 0) is 17.8 Å². The molecule has 88 valence electrons. The molecule has 2 bridgehead atoms. The van der Waals surface area contributed by atoms with Crippen molar-refractivity contribution < 1.29 is 9.15 Å². The Balaban J connectivity index is 1.66. The van der Waals surface area contributed by atoms with Crippen molar-refractivity contribution in [3.63, 3.8) is 0 Å². The average molecular weight is 222 g/mol. The van der Waals surface area contributed by atoms with Crippen LogP contribution in [-0.4, -0.2) is 30.2 Å². The molecule has 0 aliphatic carbocycles. The summed E-state index contributed by atoms with van der Waals surface area (Å²) in [6, 6.07) is 1.96. The summed E-state index contributed by atoms with van der Waals surface area (Å²) in [7, 11) is 0. The Morgan fingerprint density at radius 2 is 2.06 bits per heavy atom. The van der Waals surface area contributed by atoms with Crippen molar-refractivity contribution in [1.82, 2.24) is 4.90 Å². The standard InChI is InChI=1S/C12H18N2O2/c13-5-9-3-4-15-12(9)8-14-6-10-1-2-11(7-14)16-10/h3-4,10-11H,1-2,5-8,13H2. The number of likely N-dealkylation sites (tertiary alicyclic amines) is 1. The number of furan rings is 1. The molecule has 4 heteroatoms. The fourth-order valence-corrected chi connectivity index (χ4v) is 2.72. The van der Waals surface area contributed by atoms with E-state index in [0.29, 0.717) is 18.8 Å². The van der Waals surface area contributed by atoms with Crippen molar-refractivity contribution in [1.29, 1.82) is 0 Å². The molecule has 0 amide bonds. The molecule has 2 N–H and O–H groups in total. The van der Waals surface area contributed by atoms with Gasteiger partial charge in [-0.3, -0.25) is 4.90 Å². The molecule has 2 aliphatic heterocycles. The van der Waals surface area contributed by atoms with Crippen LogP contribution in [0.4, 0.5) is 0 Å². The Hall–Kier alpha value is -0.840. The lowest BCUT2D eigenvalue weighted by Gasteiger charge is -2.31. The molecule has 0 aromatic carbocycles. The van der Waals surface area contributed by atoms with E-state index in [1.165, 1.54) is 12.8 Å². The summed E-state index contributed by atoms with van der Waals surface area (Å²) in [5.74, 6) is 1.02. The fraction of sp³-hybridized carbons (Fsp3) is 0.667. The van der Waals surface area contributed by atoms with Crippen molar-refractivity contribution in [2.24, 2.45) is 5.73 Å². The van der Waals surface area contributed by atoms with Crippen molar-refractivity contribution in [3.05, 3.63) is 23.7 Å². The second-order valence-electron chi connectivity index (χ2n) is 4.72. The number of nitrogens with zero attached hydrogens (tertiary/aromatic N) is 1. The van der Waals surface area contributed by atoms with Gasteiger partial charge in [-0.25, -0.2) is 0 Å². The van der Waals surface area contributed by atoms with E-state index >= 15 is 0 Å². The topological polar surface area (TPSA) is 51.6 Å². The highest BCUT2D eigenvalue weighted by Crippen LogP contribution is 2.27. The van der Waals surface area contributed by atoms with Gasteiger partial charge in [0.1, 0.15) is 5.76 Å². The van der Waals surface area contributed by atoms with Crippen LogP contribution in [0.15, 0.2) is 16.7 Å². The first-order chi connectivity index (χ1) is 7.85. The van der Waals surface area contributed by atoms with E-state index in [2.05, 4.69) is 4.90 Å². The van der Waals surface area contributed by atoms with Gasteiger partial charge in [0.25, 0.3) is 0 Å². The van der Waals surface area contributed by atoms with E-state index in [9.17, 15) is 0 Å². The van der Waals surface area contributed by atoms with Crippen LogP contribution in [0.25, 0.3) is 0 Å². The van der Waals surface area contributed by atoms with Crippen molar-refractivity contribution in [3.8, 4) is 0 Å². The predicted octanol–water partition coefficient (Wildman–Crippen LogP) is 1.10. The maximum atomic E-state index is 5.81. The average Bonchev–Trinajstić information content (AvgIpc) is 2.85. The van der Waals surface area contributed by atoms with E-state index in [1.54, 1.807) is 6.26 Å². The van der Waals surface area contributed by atoms with E-state index in [0.717, 1.165) is 31.0 Å². The maximum absolute atomic E-state index is 5.81. The SMILES string of the molecule is NCc1ccoc1CN1CC2CCC(C1)O2. The van der Waals surface area contributed by atoms with Crippen molar-refractivity contribution in [2.45, 2.75) is 38.1 Å². The van der Waals surface area contributed by atoms with Gasteiger partial charge in [-0.2, -0.15) is 0 Å². The molecule has 3 heterocycles. The Kier molecular flexibility index (Phi) is 2.71. The van der Waals surface area contributed by atoms with Gasteiger partial charge in [-0.05, 0) is 18.9 Å². The molecule has 2 atom stereocenters. The number of hydrogen-bond donors (Lipinski definition) is 1. The maximum Gasteiger partial charge on any atom is 0.122 e. The summed E-state index contributed by atoms with van der Waals surface area (Å²) in [4.78, 5) is 2.42. The number of rotatable bonds is 3. The molecule has 4 nitrogen and oxygen atoms in total. The third kappa shape index (κ3) is 1.88. The van der Waals surface area contributed by atoms with Crippen LogP contribution < -0.4 is 5.73 Å². The highest BCUT2D eigenvalue weighted by atomic mass is 16.5. The molecule has 1 aromatic heterocycles. The first kappa shape index (κ1) is 10.3. The van der Waals surface area contributed by atoms with Gasteiger partial charge >= 0.3 is 0 Å². The van der Waals surface area contributed by atoms with E-state index in [-0.39, 0.29) is 0 Å². The molecule has 2 aliphatic rings. The van der Waals surface area contributed by atoms with Crippen LogP contribution in [0, 0.1) is 0 Å². The molecule has 0 spiro atoms. The smallest absolute Gasteiger partial charge is 0.122 e. The van der Waals surface area contributed by atoms with Crippen LogP contribution in [0.3, 0.4) is 0 Å². The van der Waals surface area contributed by atoms with Crippen LogP contribution >= 0.6 is 0 Å². The third-order valence-corrected chi connectivity index (χ3v) is 3.54. The second-order valence-corrected chi connectivity index (χ2v) is 4.72. The lowest BCUT2D eigenvalue weighted by atomic mass is 10.2. The Labute approximate surface area is 95.3 Å². The Bertz CT molecular complexity index is 352. The first-order valence-corrected chi connectivity index (χ1v) is 5.98. The van der Waals surface area contributed by atoms with Gasteiger partial charge in [-0.15, -0.1) is 0 Å². The molecule has 2 fully saturated rings. The van der Waals surface area contributed by atoms with Gasteiger partial charge in [0.05, 0.1) is 25.0 Å². The molecular formula is C12H18N2O2. The second kappa shape index (κ2) is 4.20. The zero-order chi connectivity index (χ0) is 11.0. The lowest BCUT2D eigenvalue weighted by Crippen LogP contribution is -2.42. The zero-order valence-electron chi connectivity index (χ0n) is 9.39. The molecule has 2 unspecified atom stereocenters. The molecule has 16 heavy (non-hydrogen) atoms. The van der Waals surface area contributed by atoms with Gasteiger partial charge in [0.2, 0.25) is 0 Å². The number of morpholine rings is 1. The minimum atomic E-state index is 0.440. The number of ether oxygens (including phenoxy) is 1. The monoisotopic (exact) mass is 222 g/mol. The predicted molar refractivity (Wildman–Crippen MR) is 59.8 cm³/mol. The summed E-state index contributed by atoms with van der Waals surface area (Å²) in [5, 5.41) is 0. The van der Waals surface area contributed by atoms with E-state index < -0.39 is 0 Å². The molecule has 2 saturated heterocycles. The molecule has 0 radical (unpaired) electrons. The van der Waals surface area contributed by atoms with Gasteiger partial charge in [0, 0.05) is 25.2 Å². The molecule has 3 rings (SSSR count). The van der Waals surface area contributed by atoms with Crippen LogP contribution in [0.2, 0.25) is 0 Å². The first-order valence-electron chi connectivity index (χ1n) is 5.98.